The van der Waals surface area contributed by atoms with E-state index in [1.54, 1.807) is 30.3 Å². The van der Waals surface area contributed by atoms with Crippen LogP contribution in [0.2, 0.25) is 10.0 Å². The van der Waals surface area contributed by atoms with Gasteiger partial charge in [0.05, 0.1) is 40.8 Å². The highest BCUT2D eigenvalue weighted by Gasteiger charge is 2.33. The fourth-order valence-corrected chi connectivity index (χ4v) is 4.63. The Hall–Kier alpha value is -3.49. The first kappa shape index (κ1) is 27.5. The molecule has 4 aromatic rings. The molecule has 4 rings (SSSR count). The Bertz CT molecular complexity index is 1510. The summed E-state index contributed by atoms with van der Waals surface area (Å²) in [6, 6.07) is 10.5. The number of unbranched alkanes of at least 4 members (excludes halogenated alkanes) is 1. The molecule has 0 aliphatic rings. The molecule has 2 aromatic heterocycles. The zero-order valence-corrected chi connectivity index (χ0v) is 23.3. The van der Waals surface area contributed by atoms with Gasteiger partial charge in [-0.2, -0.15) is 0 Å². The molecule has 0 saturated heterocycles. The summed E-state index contributed by atoms with van der Waals surface area (Å²) >= 11 is 12.3. The third kappa shape index (κ3) is 4.98. The third-order valence-electron chi connectivity index (χ3n) is 6.54. The number of methoxy groups -OCH3 is 2. The first-order valence-electron chi connectivity index (χ1n) is 12.1. The largest absolute Gasteiger partial charge is 0.506 e. The number of hydrogen-bond donors (Lipinski definition) is 2. The average molecular weight is 558 g/mol. The number of pyridine rings is 1. The minimum Gasteiger partial charge on any atom is -0.506 e. The van der Waals surface area contributed by atoms with Gasteiger partial charge >= 0.3 is 0 Å². The molecule has 2 N–H and O–H groups in total. The van der Waals surface area contributed by atoms with Gasteiger partial charge in [0.2, 0.25) is 5.89 Å². The van der Waals surface area contributed by atoms with E-state index in [1.807, 2.05) is 26.8 Å². The zero-order valence-electron chi connectivity index (χ0n) is 21.8. The molecule has 0 saturated carbocycles. The molecule has 0 radical (unpaired) electrons. The van der Waals surface area contributed by atoms with Crippen molar-refractivity contribution in [2.45, 2.75) is 45.4 Å². The number of ether oxygens (including phenoxy) is 2. The maximum absolute atomic E-state index is 13.3. The maximum Gasteiger partial charge on any atom is 0.264 e. The molecule has 2 aromatic carbocycles. The van der Waals surface area contributed by atoms with E-state index in [2.05, 4.69) is 15.2 Å². The van der Waals surface area contributed by atoms with Crippen molar-refractivity contribution in [2.24, 2.45) is 0 Å². The van der Waals surface area contributed by atoms with Crippen LogP contribution in [0.4, 0.5) is 0 Å². The highest BCUT2D eigenvalue weighted by Crippen LogP contribution is 2.46. The average Bonchev–Trinajstić information content (AvgIpc) is 3.39. The van der Waals surface area contributed by atoms with Crippen molar-refractivity contribution in [1.29, 1.82) is 0 Å². The fourth-order valence-electron chi connectivity index (χ4n) is 4.33. The minimum absolute atomic E-state index is 0.121. The Kier molecular flexibility index (Phi) is 8.04. The highest BCUT2D eigenvalue weighted by molar-refractivity contribution is 6.42. The van der Waals surface area contributed by atoms with Crippen LogP contribution in [-0.4, -0.2) is 34.5 Å². The van der Waals surface area contributed by atoms with Crippen LogP contribution in [0.3, 0.4) is 0 Å². The topological polar surface area (TPSA) is 110 Å². The van der Waals surface area contributed by atoms with Crippen molar-refractivity contribution in [1.82, 2.24) is 15.2 Å². The van der Waals surface area contributed by atoms with Crippen LogP contribution in [0, 0.1) is 0 Å². The second-order valence-corrected chi connectivity index (χ2v) is 10.2. The van der Waals surface area contributed by atoms with Crippen LogP contribution in [0.1, 0.15) is 50.8 Å². The second kappa shape index (κ2) is 11.1. The Morgan fingerprint density at radius 2 is 1.68 bits per heavy atom. The molecule has 0 bridgehead atoms. The SMILES string of the molecule is CCCCc1[nH]c(=O)c(-c2nnc(C(C)(C)c3ccc(Cl)c(Cl)c3)o2)c(O)c1-c1c(OC)cccc1OC. The first-order chi connectivity index (χ1) is 18.1. The lowest BCUT2D eigenvalue weighted by Gasteiger charge is -2.21. The Morgan fingerprint density at radius 1 is 1.00 bits per heavy atom. The Balaban J connectivity index is 1.91. The van der Waals surface area contributed by atoms with Gasteiger partial charge in [0, 0.05) is 5.69 Å². The van der Waals surface area contributed by atoms with Gasteiger partial charge in [0.25, 0.3) is 11.4 Å². The number of nitrogens with zero attached hydrogens (tertiary/aromatic N) is 2. The molecule has 0 unspecified atom stereocenters. The Labute approximate surface area is 230 Å². The number of benzene rings is 2. The molecule has 10 heteroatoms. The third-order valence-corrected chi connectivity index (χ3v) is 7.28. The van der Waals surface area contributed by atoms with Crippen molar-refractivity contribution in [2.75, 3.05) is 14.2 Å². The zero-order chi connectivity index (χ0) is 27.6. The Morgan fingerprint density at radius 3 is 2.29 bits per heavy atom. The standard InChI is InChI=1S/C28H29Cl2N3O5/c1-6-7-9-18-21(22-19(36-4)10-8-11-20(22)37-5)24(34)23(25(35)31-18)26-32-33-27(38-26)28(2,3)15-12-13-16(29)17(30)14-15/h8,10-14H,6-7,9H2,1-5H3,(H2,31,34,35). The van der Waals surface area contributed by atoms with Gasteiger partial charge in [-0.25, -0.2) is 0 Å². The van der Waals surface area contributed by atoms with Crippen LogP contribution in [0.25, 0.3) is 22.6 Å². The predicted octanol–water partition coefficient (Wildman–Crippen LogP) is 6.79. The van der Waals surface area contributed by atoms with Gasteiger partial charge < -0.3 is 24.0 Å². The van der Waals surface area contributed by atoms with Crippen LogP contribution >= 0.6 is 23.2 Å². The summed E-state index contributed by atoms with van der Waals surface area (Å²) in [5, 5.41) is 20.8. The first-order valence-corrected chi connectivity index (χ1v) is 12.9. The number of halogens is 2. The number of aryl methyl sites for hydroxylation is 1. The summed E-state index contributed by atoms with van der Waals surface area (Å²) in [5.74, 6) is 0.759. The molecular formula is C28H29Cl2N3O5. The summed E-state index contributed by atoms with van der Waals surface area (Å²) in [5.41, 5.74) is 0.773. The number of aromatic amines is 1. The summed E-state index contributed by atoms with van der Waals surface area (Å²) in [7, 11) is 3.06. The highest BCUT2D eigenvalue weighted by atomic mass is 35.5. The van der Waals surface area contributed by atoms with Gasteiger partial charge in [-0.1, -0.05) is 48.7 Å². The smallest absolute Gasteiger partial charge is 0.264 e. The summed E-state index contributed by atoms with van der Waals surface area (Å²) in [6.45, 7) is 5.81. The van der Waals surface area contributed by atoms with Gasteiger partial charge in [-0.15, -0.1) is 10.2 Å². The van der Waals surface area contributed by atoms with Crippen molar-refractivity contribution in [3.63, 3.8) is 0 Å². The molecule has 0 atom stereocenters. The second-order valence-electron chi connectivity index (χ2n) is 9.34. The van der Waals surface area contributed by atoms with Crippen LogP contribution in [0.5, 0.6) is 17.2 Å². The van der Waals surface area contributed by atoms with E-state index in [0.717, 1.165) is 18.4 Å². The molecule has 0 aliphatic carbocycles. The van der Waals surface area contributed by atoms with Gasteiger partial charge in [-0.3, -0.25) is 4.79 Å². The molecule has 200 valence electrons. The number of rotatable bonds is 9. The molecule has 0 spiro atoms. The van der Waals surface area contributed by atoms with E-state index in [4.69, 9.17) is 37.1 Å². The lowest BCUT2D eigenvalue weighted by Crippen LogP contribution is -2.19. The van der Waals surface area contributed by atoms with E-state index in [-0.39, 0.29) is 23.1 Å². The monoisotopic (exact) mass is 557 g/mol. The van der Waals surface area contributed by atoms with Gasteiger partial charge in [0.1, 0.15) is 22.8 Å². The summed E-state index contributed by atoms with van der Waals surface area (Å²) in [6.07, 6.45) is 2.21. The van der Waals surface area contributed by atoms with Crippen molar-refractivity contribution in [3.8, 4) is 39.8 Å². The van der Waals surface area contributed by atoms with Crippen LogP contribution in [-0.2, 0) is 11.8 Å². The van der Waals surface area contributed by atoms with E-state index in [0.29, 0.717) is 44.8 Å². The summed E-state index contributed by atoms with van der Waals surface area (Å²) < 4.78 is 17.2. The fraction of sp³-hybridized carbons (Fsp3) is 0.321. The summed E-state index contributed by atoms with van der Waals surface area (Å²) in [4.78, 5) is 16.2. The van der Waals surface area contributed by atoms with E-state index in [9.17, 15) is 9.90 Å². The quantitative estimate of drug-likeness (QED) is 0.233. The lowest BCUT2D eigenvalue weighted by atomic mass is 9.84. The molecule has 38 heavy (non-hydrogen) atoms. The molecule has 0 fully saturated rings. The molecule has 0 amide bonds. The number of H-pyrrole nitrogens is 1. The molecule has 0 aliphatic heterocycles. The van der Waals surface area contributed by atoms with E-state index in [1.165, 1.54) is 14.2 Å². The van der Waals surface area contributed by atoms with Gasteiger partial charge in [-0.05, 0) is 56.5 Å². The normalized spacial score (nSPS) is 11.6. The molecule has 8 nitrogen and oxygen atoms in total. The minimum atomic E-state index is -0.766. The van der Waals surface area contributed by atoms with Crippen LogP contribution in [0.15, 0.2) is 45.6 Å². The number of aromatic nitrogens is 3. The van der Waals surface area contributed by atoms with E-state index >= 15 is 0 Å². The predicted molar refractivity (Wildman–Crippen MR) is 148 cm³/mol. The van der Waals surface area contributed by atoms with Crippen molar-refractivity contribution in [3.05, 3.63) is 73.9 Å². The number of nitrogens with one attached hydrogen (secondary N) is 1. The molecular weight excluding hydrogens is 529 g/mol. The van der Waals surface area contributed by atoms with Gasteiger partial charge in [0.15, 0.2) is 0 Å². The van der Waals surface area contributed by atoms with Crippen molar-refractivity contribution >= 4 is 23.2 Å². The van der Waals surface area contributed by atoms with Crippen molar-refractivity contribution < 1.29 is 19.0 Å². The number of aromatic hydroxyl groups is 1. The maximum atomic E-state index is 13.3. The lowest BCUT2D eigenvalue weighted by molar-refractivity contribution is 0.396. The number of hydrogen-bond acceptors (Lipinski definition) is 7. The van der Waals surface area contributed by atoms with Crippen LogP contribution < -0.4 is 15.0 Å². The molecule has 2 heterocycles. The van der Waals surface area contributed by atoms with E-state index < -0.39 is 11.0 Å².